The SMILES string of the molecule is CCc1[cH-]c2cccc(CCc3cccc4[cH-]c(CC)c(-c5cccc6ccccc56)c34)c2c1-c1cccc2ccccc12.[CH3-].[CH3-].[Zr+4]. The average molecular weight is 686 g/mol. The summed E-state index contributed by atoms with van der Waals surface area (Å²) in [7, 11) is 0. The van der Waals surface area contributed by atoms with Gasteiger partial charge in [0.15, 0.2) is 0 Å². The molecule has 0 saturated heterocycles. The summed E-state index contributed by atoms with van der Waals surface area (Å²) in [5.74, 6) is 0. The molecule has 0 unspecified atom stereocenters. The second-order valence-electron chi connectivity index (χ2n) is 12.1. The summed E-state index contributed by atoms with van der Waals surface area (Å²) in [5.41, 5.74) is 11.3. The average Bonchev–Trinajstić information content (AvgIpc) is 3.66. The molecule has 0 aliphatic carbocycles. The third-order valence-electron chi connectivity index (χ3n) is 9.71. The summed E-state index contributed by atoms with van der Waals surface area (Å²) in [6.45, 7) is 4.58. The molecule has 0 heterocycles. The van der Waals surface area contributed by atoms with Crippen molar-refractivity contribution < 1.29 is 26.2 Å². The van der Waals surface area contributed by atoms with Crippen LogP contribution < -0.4 is 0 Å². The molecule has 0 spiro atoms. The van der Waals surface area contributed by atoms with Crippen LogP contribution in [0.2, 0.25) is 0 Å². The number of hydrogen-bond donors (Lipinski definition) is 0. The summed E-state index contributed by atoms with van der Waals surface area (Å²) in [6.07, 6.45) is 4.05. The van der Waals surface area contributed by atoms with Gasteiger partial charge in [0.25, 0.3) is 0 Å². The molecule has 0 atom stereocenters. The van der Waals surface area contributed by atoms with Crippen LogP contribution in [0.4, 0.5) is 0 Å². The minimum Gasteiger partial charge on any atom is -0.358 e. The zero-order valence-electron chi connectivity index (χ0n) is 28.0. The Bertz CT molecular complexity index is 2130. The largest absolute Gasteiger partial charge is 4.00 e. The summed E-state index contributed by atoms with van der Waals surface area (Å²) in [6, 6.07) is 49.9. The summed E-state index contributed by atoms with van der Waals surface area (Å²) in [5, 5.41) is 10.8. The van der Waals surface area contributed by atoms with Gasteiger partial charge in [0.2, 0.25) is 0 Å². The molecule has 8 aromatic carbocycles. The minimum atomic E-state index is 0. The normalized spacial score (nSPS) is 11.0. The van der Waals surface area contributed by atoms with Crippen molar-refractivity contribution in [2.75, 3.05) is 0 Å². The predicted molar refractivity (Wildman–Crippen MR) is 204 cm³/mol. The molecule has 0 radical (unpaired) electrons. The maximum atomic E-state index is 2.43. The van der Waals surface area contributed by atoms with Gasteiger partial charge in [-0.05, 0) is 47.2 Å². The third kappa shape index (κ3) is 5.85. The smallest absolute Gasteiger partial charge is 0.358 e. The van der Waals surface area contributed by atoms with Gasteiger partial charge in [-0.1, -0.05) is 133 Å². The van der Waals surface area contributed by atoms with Crippen molar-refractivity contribution in [2.45, 2.75) is 39.5 Å². The minimum absolute atomic E-state index is 0. The number of benzene rings is 6. The van der Waals surface area contributed by atoms with E-state index in [1.54, 1.807) is 0 Å². The van der Waals surface area contributed by atoms with E-state index in [1.165, 1.54) is 87.6 Å². The van der Waals surface area contributed by atoms with Crippen LogP contribution in [0.15, 0.2) is 133 Å². The van der Waals surface area contributed by atoms with E-state index in [0.29, 0.717) is 0 Å². The first-order valence-corrected chi connectivity index (χ1v) is 16.1. The van der Waals surface area contributed by atoms with Crippen molar-refractivity contribution >= 4 is 43.1 Å². The fourth-order valence-corrected chi connectivity index (χ4v) is 7.68. The fourth-order valence-electron chi connectivity index (χ4n) is 7.68. The molecule has 0 bridgehead atoms. The van der Waals surface area contributed by atoms with Crippen molar-refractivity contribution in [3.8, 4) is 22.3 Å². The molecule has 0 aliphatic rings. The fraction of sp³-hybridized carbons (Fsp3) is 0.130. The summed E-state index contributed by atoms with van der Waals surface area (Å²) >= 11 is 0. The standard InChI is InChI=1S/C44H36.2CH3.Zr/c1-3-29-27-35-19-9-17-33(41(35)43(29)39-23-11-15-31-13-5-7-21-37(31)39)25-26-34-18-10-20-36-28-30(4-2)44(42(34)36)40-24-12-16-32-14-6-8-22-38(32)40;;;/h5-24,27-28H,3-4,25-26H2,1-2H3;2*1H3;/q-2;2*-1;+4. The van der Waals surface area contributed by atoms with Crippen molar-refractivity contribution in [3.63, 3.8) is 0 Å². The van der Waals surface area contributed by atoms with Crippen molar-refractivity contribution in [3.05, 3.63) is 171 Å². The van der Waals surface area contributed by atoms with E-state index in [9.17, 15) is 0 Å². The Balaban J connectivity index is 0.00000144. The first-order chi connectivity index (χ1) is 21.7. The quantitative estimate of drug-likeness (QED) is 0.147. The van der Waals surface area contributed by atoms with E-state index in [4.69, 9.17) is 0 Å². The molecule has 0 fully saturated rings. The number of rotatable bonds is 7. The van der Waals surface area contributed by atoms with Gasteiger partial charge >= 0.3 is 26.2 Å². The van der Waals surface area contributed by atoms with Crippen LogP contribution in [-0.4, -0.2) is 0 Å². The van der Waals surface area contributed by atoms with Crippen LogP contribution in [-0.2, 0) is 51.9 Å². The molecule has 0 aliphatic heterocycles. The Labute approximate surface area is 299 Å². The van der Waals surface area contributed by atoms with E-state index >= 15 is 0 Å². The van der Waals surface area contributed by atoms with E-state index in [0.717, 1.165) is 25.7 Å². The second-order valence-corrected chi connectivity index (χ2v) is 12.1. The zero-order valence-corrected chi connectivity index (χ0v) is 30.5. The first-order valence-electron chi connectivity index (χ1n) is 16.1. The molecule has 0 amide bonds. The Morgan fingerprint density at radius 3 is 1.26 bits per heavy atom. The van der Waals surface area contributed by atoms with Gasteiger partial charge in [-0.15, -0.1) is 80.2 Å². The molecule has 1 heteroatoms. The van der Waals surface area contributed by atoms with Gasteiger partial charge in [-0.3, -0.25) is 0 Å². The van der Waals surface area contributed by atoms with E-state index in [2.05, 4.69) is 147 Å². The molecule has 0 aromatic heterocycles. The van der Waals surface area contributed by atoms with Gasteiger partial charge < -0.3 is 14.9 Å². The van der Waals surface area contributed by atoms with Gasteiger partial charge in [0, 0.05) is 0 Å². The van der Waals surface area contributed by atoms with Crippen LogP contribution in [0, 0.1) is 14.9 Å². The van der Waals surface area contributed by atoms with Crippen LogP contribution >= 0.6 is 0 Å². The molecule has 0 saturated carbocycles. The Hall–Kier alpha value is -4.06. The Morgan fingerprint density at radius 2 is 0.830 bits per heavy atom. The molecule has 0 N–H and O–H groups in total. The predicted octanol–water partition coefficient (Wildman–Crippen LogP) is 12.9. The van der Waals surface area contributed by atoms with Crippen molar-refractivity contribution in [1.82, 2.24) is 0 Å². The Morgan fingerprint density at radius 1 is 0.447 bits per heavy atom. The third-order valence-corrected chi connectivity index (χ3v) is 9.71. The summed E-state index contributed by atoms with van der Waals surface area (Å²) < 4.78 is 0. The Kier molecular flexibility index (Phi) is 10.5. The maximum Gasteiger partial charge on any atom is 4.00 e. The second kappa shape index (κ2) is 14.4. The first kappa shape index (κ1) is 34.3. The molecule has 8 aromatic rings. The topological polar surface area (TPSA) is 0 Å². The van der Waals surface area contributed by atoms with Crippen LogP contribution in [0.5, 0.6) is 0 Å². The summed E-state index contributed by atoms with van der Waals surface area (Å²) in [4.78, 5) is 0. The molecule has 47 heavy (non-hydrogen) atoms. The number of fused-ring (bicyclic) bond motifs is 4. The molecule has 8 rings (SSSR count). The van der Waals surface area contributed by atoms with Crippen LogP contribution in [0.1, 0.15) is 36.1 Å². The van der Waals surface area contributed by atoms with Crippen LogP contribution in [0.25, 0.3) is 65.3 Å². The van der Waals surface area contributed by atoms with E-state index < -0.39 is 0 Å². The van der Waals surface area contributed by atoms with Crippen molar-refractivity contribution in [1.29, 1.82) is 0 Å². The van der Waals surface area contributed by atoms with Gasteiger partial charge in [-0.25, -0.2) is 0 Å². The molecule has 0 nitrogen and oxygen atoms in total. The van der Waals surface area contributed by atoms with E-state index in [1.807, 2.05) is 0 Å². The molecular formula is C46H42Zr. The zero-order chi connectivity index (χ0) is 29.6. The molecular weight excluding hydrogens is 644 g/mol. The van der Waals surface area contributed by atoms with Crippen LogP contribution in [0.3, 0.4) is 0 Å². The number of aryl methyl sites for hydroxylation is 4. The van der Waals surface area contributed by atoms with E-state index in [-0.39, 0.29) is 41.1 Å². The van der Waals surface area contributed by atoms with Gasteiger partial charge in [-0.2, -0.15) is 0 Å². The molecule has 230 valence electrons. The number of hydrogen-bond acceptors (Lipinski definition) is 0. The van der Waals surface area contributed by atoms with Gasteiger partial charge in [0.1, 0.15) is 0 Å². The van der Waals surface area contributed by atoms with Gasteiger partial charge in [0.05, 0.1) is 0 Å². The van der Waals surface area contributed by atoms with Crippen molar-refractivity contribution in [2.24, 2.45) is 0 Å². The monoisotopic (exact) mass is 684 g/mol. The maximum absolute atomic E-state index is 2.43.